The number of carbonyl (C=O) groups excluding carboxylic acids is 1. The summed E-state index contributed by atoms with van der Waals surface area (Å²) < 4.78 is 0. The van der Waals surface area contributed by atoms with Crippen molar-refractivity contribution in [1.82, 2.24) is 20.5 Å². The number of carbonyl (C=O) groups is 1. The Hall–Kier alpha value is -1.58. The number of hydrogen-bond acceptors (Lipinski definition) is 4. The molecule has 1 aliphatic rings. The first-order valence-corrected chi connectivity index (χ1v) is 9.88. The normalized spacial score (nSPS) is 15.5. The van der Waals surface area contributed by atoms with E-state index >= 15 is 0 Å². The van der Waals surface area contributed by atoms with E-state index in [0.717, 1.165) is 63.4 Å². The average Bonchev–Trinajstić information content (AvgIpc) is 3.17. The number of aromatic nitrogens is 1. The minimum absolute atomic E-state index is 0. The molecule has 28 heavy (non-hydrogen) atoms. The molecule has 1 aromatic rings. The van der Waals surface area contributed by atoms with Crippen LogP contribution < -0.4 is 16.0 Å². The van der Waals surface area contributed by atoms with Gasteiger partial charge in [0.15, 0.2) is 5.96 Å². The van der Waals surface area contributed by atoms with Gasteiger partial charge in [-0.2, -0.15) is 0 Å². The molecule has 1 heterocycles. The van der Waals surface area contributed by atoms with Crippen molar-refractivity contribution in [2.24, 2.45) is 10.4 Å². The molecular weight excluding hydrogens is 467 g/mol. The lowest BCUT2D eigenvalue weighted by atomic mass is 9.84. The zero-order valence-electron chi connectivity index (χ0n) is 17.3. The number of halogens is 1. The van der Waals surface area contributed by atoms with Crippen LogP contribution in [0.15, 0.2) is 29.4 Å². The van der Waals surface area contributed by atoms with Crippen LogP contribution >= 0.6 is 24.0 Å². The van der Waals surface area contributed by atoms with E-state index in [1.807, 2.05) is 32.3 Å². The van der Waals surface area contributed by atoms with E-state index in [9.17, 15) is 4.79 Å². The van der Waals surface area contributed by atoms with Crippen molar-refractivity contribution in [2.45, 2.75) is 38.5 Å². The van der Waals surface area contributed by atoms with Crippen LogP contribution in [-0.2, 0) is 4.79 Å². The molecule has 158 valence electrons. The van der Waals surface area contributed by atoms with E-state index in [4.69, 9.17) is 0 Å². The third-order valence-electron chi connectivity index (χ3n) is 5.11. The Labute approximate surface area is 186 Å². The Morgan fingerprint density at radius 2 is 1.89 bits per heavy atom. The van der Waals surface area contributed by atoms with Crippen molar-refractivity contribution in [2.75, 3.05) is 46.1 Å². The number of aliphatic imine (C=N–C) groups is 1. The van der Waals surface area contributed by atoms with E-state index in [1.54, 1.807) is 18.1 Å². The molecule has 0 atom stereocenters. The average molecular weight is 502 g/mol. The number of hydrogen-bond donors (Lipinski definition) is 3. The second-order valence-electron chi connectivity index (χ2n) is 7.39. The number of unbranched alkanes of at least 4 members (excludes halogenated alkanes) is 1. The first-order valence-electron chi connectivity index (χ1n) is 9.88. The Bertz CT molecular complexity index is 602. The Morgan fingerprint density at radius 3 is 2.50 bits per heavy atom. The highest BCUT2D eigenvalue weighted by atomic mass is 127. The number of anilines is 1. The molecular formula is C20H35IN6O. The predicted octanol–water partition coefficient (Wildman–Crippen LogP) is 2.71. The van der Waals surface area contributed by atoms with Crippen LogP contribution in [0.3, 0.4) is 0 Å². The molecule has 7 nitrogen and oxygen atoms in total. The minimum Gasteiger partial charge on any atom is -0.370 e. The molecule has 1 saturated carbocycles. The Balaban J connectivity index is 0.00000392. The molecule has 0 aliphatic heterocycles. The quantitative estimate of drug-likeness (QED) is 0.210. The maximum absolute atomic E-state index is 12.6. The molecule has 8 heteroatoms. The molecule has 0 bridgehead atoms. The van der Waals surface area contributed by atoms with Gasteiger partial charge in [-0.05, 0) is 37.8 Å². The predicted molar refractivity (Wildman–Crippen MR) is 126 cm³/mol. The number of nitrogens with zero attached hydrogens (tertiary/aromatic N) is 3. The molecule has 1 fully saturated rings. The topological polar surface area (TPSA) is 81.6 Å². The molecule has 2 rings (SSSR count). The van der Waals surface area contributed by atoms with Crippen LogP contribution in [0.1, 0.15) is 38.5 Å². The maximum atomic E-state index is 12.6. The lowest BCUT2D eigenvalue weighted by Crippen LogP contribution is -2.49. The Kier molecular flexibility index (Phi) is 11.2. The van der Waals surface area contributed by atoms with Crippen molar-refractivity contribution in [3.05, 3.63) is 24.4 Å². The van der Waals surface area contributed by atoms with Crippen LogP contribution in [0.5, 0.6) is 0 Å². The van der Waals surface area contributed by atoms with Crippen LogP contribution in [0.2, 0.25) is 0 Å². The largest absolute Gasteiger partial charge is 0.370 e. The minimum atomic E-state index is -0.284. The van der Waals surface area contributed by atoms with Gasteiger partial charge in [-0.3, -0.25) is 9.79 Å². The molecule has 0 unspecified atom stereocenters. The first-order chi connectivity index (χ1) is 13.1. The highest BCUT2D eigenvalue weighted by Gasteiger charge is 2.42. The Morgan fingerprint density at radius 1 is 1.18 bits per heavy atom. The highest BCUT2D eigenvalue weighted by Crippen LogP contribution is 2.38. The van der Waals surface area contributed by atoms with Crippen molar-refractivity contribution in [1.29, 1.82) is 0 Å². The molecule has 0 spiro atoms. The van der Waals surface area contributed by atoms with Gasteiger partial charge in [-0.1, -0.05) is 18.9 Å². The van der Waals surface area contributed by atoms with E-state index in [-0.39, 0.29) is 35.3 Å². The number of rotatable bonds is 9. The fourth-order valence-electron chi connectivity index (χ4n) is 3.61. The summed E-state index contributed by atoms with van der Waals surface area (Å²) in [5.41, 5.74) is -0.284. The second-order valence-corrected chi connectivity index (χ2v) is 7.39. The molecule has 1 amide bonds. The number of guanidine groups is 1. The zero-order valence-corrected chi connectivity index (χ0v) is 19.7. The third-order valence-corrected chi connectivity index (χ3v) is 5.11. The third kappa shape index (κ3) is 7.44. The second kappa shape index (κ2) is 12.8. The van der Waals surface area contributed by atoms with Crippen molar-refractivity contribution < 1.29 is 4.79 Å². The molecule has 1 aromatic heterocycles. The van der Waals surface area contributed by atoms with Gasteiger partial charge >= 0.3 is 0 Å². The highest BCUT2D eigenvalue weighted by molar-refractivity contribution is 14.0. The van der Waals surface area contributed by atoms with E-state index in [0.29, 0.717) is 6.54 Å². The summed E-state index contributed by atoms with van der Waals surface area (Å²) in [6.07, 6.45) is 8.01. The lowest BCUT2D eigenvalue weighted by molar-refractivity contribution is -0.138. The SMILES string of the molecule is CN=C(NCCCCNc1ccccn1)NCC1(C(=O)N(C)C)CCCC1.I. The fourth-order valence-corrected chi connectivity index (χ4v) is 3.61. The van der Waals surface area contributed by atoms with Gasteiger partial charge in [-0.25, -0.2) is 4.98 Å². The molecule has 3 N–H and O–H groups in total. The summed E-state index contributed by atoms with van der Waals surface area (Å²) in [7, 11) is 5.45. The van der Waals surface area contributed by atoms with Crippen LogP contribution in [0, 0.1) is 5.41 Å². The monoisotopic (exact) mass is 502 g/mol. The summed E-state index contributed by atoms with van der Waals surface area (Å²) in [5.74, 6) is 1.91. The van der Waals surface area contributed by atoms with Gasteiger partial charge in [-0.15, -0.1) is 24.0 Å². The van der Waals surface area contributed by atoms with Gasteiger partial charge in [0.2, 0.25) is 5.91 Å². The van der Waals surface area contributed by atoms with Crippen molar-refractivity contribution in [3.63, 3.8) is 0 Å². The standard InChI is InChI=1S/C20H34N6O.HI/c1-21-19(24-15-9-8-14-23-17-10-4-7-13-22-17)25-16-20(11-5-6-12-20)18(27)26(2)3;/h4,7,10,13H,5-6,8-9,11-12,14-16H2,1-3H3,(H,22,23)(H2,21,24,25);1H. The van der Waals surface area contributed by atoms with Crippen LogP contribution in [0.25, 0.3) is 0 Å². The number of nitrogens with one attached hydrogen (secondary N) is 3. The molecule has 0 radical (unpaired) electrons. The van der Waals surface area contributed by atoms with Gasteiger partial charge in [0, 0.05) is 47.0 Å². The summed E-state index contributed by atoms with van der Waals surface area (Å²) >= 11 is 0. The van der Waals surface area contributed by atoms with Crippen molar-refractivity contribution >= 4 is 41.7 Å². The number of pyridine rings is 1. The summed E-state index contributed by atoms with van der Waals surface area (Å²) in [6, 6.07) is 5.86. The first kappa shape index (κ1) is 24.5. The smallest absolute Gasteiger partial charge is 0.230 e. The number of amides is 1. The molecule has 0 saturated heterocycles. The van der Waals surface area contributed by atoms with Crippen LogP contribution in [0.4, 0.5) is 5.82 Å². The van der Waals surface area contributed by atoms with E-state index in [2.05, 4.69) is 25.9 Å². The van der Waals surface area contributed by atoms with E-state index < -0.39 is 0 Å². The van der Waals surface area contributed by atoms with Gasteiger partial charge in [0.25, 0.3) is 0 Å². The van der Waals surface area contributed by atoms with Gasteiger partial charge in [0.1, 0.15) is 5.82 Å². The van der Waals surface area contributed by atoms with Crippen LogP contribution in [-0.4, -0.2) is 62.5 Å². The zero-order chi connectivity index (χ0) is 19.5. The molecule has 1 aliphatic carbocycles. The molecule has 0 aromatic carbocycles. The summed E-state index contributed by atoms with van der Waals surface area (Å²) in [5, 5.41) is 10.0. The van der Waals surface area contributed by atoms with Gasteiger partial charge < -0.3 is 20.9 Å². The van der Waals surface area contributed by atoms with Crippen molar-refractivity contribution in [3.8, 4) is 0 Å². The summed E-state index contributed by atoms with van der Waals surface area (Å²) in [4.78, 5) is 22.9. The maximum Gasteiger partial charge on any atom is 0.230 e. The lowest BCUT2D eigenvalue weighted by Gasteiger charge is -2.31. The van der Waals surface area contributed by atoms with Gasteiger partial charge in [0.05, 0.1) is 5.41 Å². The fraction of sp³-hybridized carbons (Fsp3) is 0.650. The van der Waals surface area contributed by atoms with E-state index in [1.165, 1.54) is 0 Å². The summed E-state index contributed by atoms with van der Waals surface area (Å²) in [6.45, 7) is 2.38.